The number of aromatic hydroxyl groups is 2. The van der Waals surface area contributed by atoms with Crippen LogP contribution in [0.25, 0.3) is 0 Å². The van der Waals surface area contributed by atoms with Gasteiger partial charge in [0.2, 0.25) is 5.91 Å². The van der Waals surface area contributed by atoms with E-state index in [2.05, 4.69) is 10.6 Å². The van der Waals surface area contributed by atoms with Crippen molar-refractivity contribution in [2.45, 2.75) is 6.04 Å². The quantitative estimate of drug-likeness (QED) is 0.534. The number of phenolic OH excluding ortho intramolecular Hbond substituents is 2. The molecule has 0 spiro atoms. The molecule has 1 aromatic carbocycles. The number of benzene rings is 1. The highest BCUT2D eigenvalue weighted by atomic mass is 16.3. The van der Waals surface area contributed by atoms with Gasteiger partial charge in [0.1, 0.15) is 6.04 Å². The van der Waals surface area contributed by atoms with Crippen molar-refractivity contribution in [1.82, 2.24) is 15.5 Å². The Kier molecular flexibility index (Phi) is 4.09. The number of phenols is 2. The SMILES string of the molecule is CNC(=O)C1CNCCN1C(=O)c1ccc(O)c(O)c1. The van der Waals surface area contributed by atoms with Gasteiger partial charge in [0.15, 0.2) is 11.5 Å². The highest BCUT2D eigenvalue weighted by molar-refractivity contribution is 5.98. The first-order valence-electron chi connectivity index (χ1n) is 6.30. The number of piperazine rings is 1. The minimum Gasteiger partial charge on any atom is -0.504 e. The number of hydrogen-bond acceptors (Lipinski definition) is 5. The summed E-state index contributed by atoms with van der Waals surface area (Å²) in [6.45, 7) is 1.39. The number of likely N-dealkylation sites (N-methyl/N-ethyl adjacent to an activating group) is 1. The molecule has 7 heteroatoms. The van der Waals surface area contributed by atoms with Crippen LogP contribution < -0.4 is 10.6 Å². The molecule has 1 unspecified atom stereocenters. The van der Waals surface area contributed by atoms with Crippen LogP contribution in [0.3, 0.4) is 0 Å². The average molecular weight is 279 g/mol. The van der Waals surface area contributed by atoms with Gasteiger partial charge in [0, 0.05) is 32.2 Å². The third kappa shape index (κ3) is 2.67. The summed E-state index contributed by atoms with van der Waals surface area (Å²) in [4.78, 5) is 25.7. The minimum atomic E-state index is -0.586. The van der Waals surface area contributed by atoms with E-state index in [0.717, 1.165) is 0 Å². The largest absolute Gasteiger partial charge is 0.504 e. The molecule has 1 atom stereocenters. The van der Waals surface area contributed by atoms with Crippen LogP contribution in [-0.4, -0.2) is 59.7 Å². The molecule has 1 saturated heterocycles. The molecule has 108 valence electrons. The predicted molar refractivity (Wildman–Crippen MR) is 71.5 cm³/mol. The number of amides is 2. The number of carbonyl (C=O) groups excluding carboxylic acids is 2. The van der Waals surface area contributed by atoms with E-state index < -0.39 is 6.04 Å². The number of carbonyl (C=O) groups is 2. The maximum absolute atomic E-state index is 12.4. The van der Waals surface area contributed by atoms with Crippen LogP contribution in [0.1, 0.15) is 10.4 Å². The second-order valence-electron chi connectivity index (χ2n) is 4.54. The van der Waals surface area contributed by atoms with Crippen LogP contribution >= 0.6 is 0 Å². The second-order valence-corrected chi connectivity index (χ2v) is 4.54. The normalized spacial score (nSPS) is 18.6. The fourth-order valence-corrected chi connectivity index (χ4v) is 2.17. The van der Waals surface area contributed by atoms with Crippen molar-refractivity contribution in [3.63, 3.8) is 0 Å². The zero-order chi connectivity index (χ0) is 14.7. The fraction of sp³-hybridized carbons (Fsp3) is 0.385. The Morgan fingerprint density at radius 3 is 2.75 bits per heavy atom. The molecule has 4 N–H and O–H groups in total. The van der Waals surface area contributed by atoms with Gasteiger partial charge in [-0.25, -0.2) is 0 Å². The third-order valence-corrected chi connectivity index (χ3v) is 3.28. The number of nitrogens with zero attached hydrogens (tertiary/aromatic N) is 1. The molecular weight excluding hydrogens is 262 g/mol. The number of nitrogens with one attached hydrogen (secondary N) is 2. The molecule has 1 heterocycles. The summed E-state index contributed by atoms with van der Waals surface area (Å²) in [6.07, 6.45) is 0. The molecule has 0 aromatic heterocycles. The Bertz CT molecular complexity index is 532. The van der Waals surface area contributed by atoms with E-state index in [0.29, 0.717) is 19.6 Å². The molecule has 2 amide bonds. The van der Waals surface area contributed by atoms with Crippen LogP contribution in [0.5, 0.6) is 11.5 Å². The molecule has 1 aliphatic heterocycles. The zero-order valence-electron chi connectivity index (χ0n) is 11.1. The van der Waals surface area contributed by atoms with Gasteiger partial charge in [-0.3, -0.25) is 9.59 Å². The van der Waals surface area contributed by atoms with Crippen molar-refractivity contribution in [1.29, 1.82) is 0 Å². The van der Waals surface area contributed by atoms with Gasteiger partial charge in [-0.05, 0) is 18.2 Å². The predicted octanol–water partition coefficient (Wildman–Crippen LogP) is -0.742. The molecule has 2 rings (SSSR count). The van der Waals surface area contributed by atoms with Crippen molar-refractivity contribution in [3.8, 4) is 11.5 Å². The van der Waals surface area contributed by atoms with E-state index in [-0.39, 0.29) is 28.9 Å². The first-order valence-corrected chi connectivity index (χ1v) is 6.30. The van der Waals surface area contributed by atoms with Crippen LogP contribution in [-0.2, 0) is 4.79 Å². The van der Waals surface area contributed by atoms with Crippen molar-refractivity contribution in [2.75, 3.05) is 26.7 Å². The summed E-state index contributed by atoms with van der Waals surface area (Å²) in [5, 5.41) is 24.3. The van der Waals surface area contributed by atoms with Gasteiger partial charge in [0.25, 0.3) is 5.91 Å². The molecule has 0 saturated carbocycles. The smallest absolute Gasteiger partial charge is 0.254 e. The monoisotopic (exact) mass is 279 g/mol. The Morgan fingerprint density at radius 1 is 1.35 bits per heavy atom. The lowest BCUT2D eigenvalue weighted by atomic mass is 10.1. The molecule has 1 aliphatic rings. The fourth-order valence-electron chi connectivity index (χ4n) is 2.17. The van der Waals surface area contributed by atoms with Gasteiger partial charge in [-0.2, -0.15) is 0 Å². The maximum Gasteiger partial charge on any atom is 0.254 e. The van der Waals surface area contributed by atoms with Gasteiger partial charge in [-0.1, -0.05) is 0 Å². The van der Waals surface area contributed by atoms with E-state index in [9.17, 15) is 19.8 Å². The number of hydrogen-bond donors (Lipinski definition) is 4. The summed E-state index contributed by atoms with van der Waals surface area (Å²) in [5.41, 5.74) is 0.233. The van der Waals surface area contributed by atoms with E-state index >= 15 is 0 Å². The van der Waals surface area contributed by atoms with Gasteiger partial charge in [0.05, 0.1) is 0 Å². The van der Waals surface area contributed by atoms with Crippen LogP contribution in [0.2, 0.25) is 0 Å². The first-order chi connectivity index (χ1) is 9.54. The van der Waals surface area contributed by atoms with E-state index in [1.165, 1.54) is 30.1 Å². The lowest BCUT2D eigenvalue weighted by molar-refractivity contribution is -0.125. The van der Waals surface area contributed by atoms with Gasteiger partial charge in [-0.15, -0.1) is 0 Å². The summed E-state index contributed by atoms with van der Waals surface area (Å²) < 4.78 is 0. The third-order valence-electron chi connectivity index (χ3n) is 3.28. The van der Waals surface area contributed by atoms with Crippen molar-refractivity contribution >= 4 is 11.8 Å². The lowest BCUT2D eigenvalue weighted by Gasteiger charge is -2.35. The summed E-state index contributed by atoms with van der Waals surface area (Å²) in [6, 6.07) is 3.28. The summed E-state index contributed by atoms with van der Waals surface area (Å²) in [5.74, 6) is -1.24. The second kappa shape index (κ2) is 5.79. The Labute approximate surface area is 116 Å². The molecular formula is C13H17N3O4. The Hall–Kier alpha value is -2.28. The molecule has 20 heavy (non-hydrogen) atoms. The molecule has 0 radical (unpaired) electrons. The molecule has 7 nitrogen and oxygen atoms in total. The standard InChI is InChI=1S/C13H17N3O4/c1-14-12(19)9-7-15-4-5-16(9)13(20)8-2-3-10(17)11(18)6-8/h2-3,6,9,15,17-18H,4-5,7H2,1H3,(H,14,19). The topological polar surface area (TPSA) is 102 Å². The molecule has 0 bridgehead atoms. The Morgan fingerprint density at radius 2 is 2.10 bits per heavy atom. The highest BCUT2D eigenvalue weighted by Crippen LogP contribution is 2.25. The van der Waals surface area contributed by atoms with Crippen molar-refractivity contribution < 1.29 is 19.8 Å². The molecule has 1 aromatic rings. The van der Waals surface area contributed by atoms with E-state index in [1.54, 1.807) is 0 Å². The average Bonchev–Trinajstić information content (AvgIpc) is 2.48. The molecule has 0 aliphatic carbocycles. The van der Waals surface area contributed by atoms with E-state index in [1.807, 2.05) is 0 Å². The van der Waals surface area contributed by atoms with Crippen LogP contribution in [0.4, 0.5) is 0 Å². The van der Waals surface area contributed by atoms with Crippen molar-refractivity contribution in [3.05, 3.63) is 23.8 Å². The van der Waals surface area contributed by atoms with Gasteiger partial charge >= 0.3 is 0 Å². The maximum atomic E-state index is 12.4. The van der Waals surface area contributed by atoms with Crippen LogP contribution in [0, 0.1) is 0 Å². The Balaban J connectivity index is 2.25. The first kappa shape index (κ1) is 14.1. The van der Waals surface area contributed by atoms with E-state index in [4.69, 9.17) is 0 Å². The zero-order valence-corrected chi connectivity index (χ0v) is 11.1. The lowest BCUT2D eigenvalue weighted by Crippen LogP contribution is -2.59. The summed E-state index contributed by atoms with van der Waals surface area (Å²) in [7, 11) is 1.52. The van der Waals surface area contributed by atoms with Crippen LogP contribution in [0.15, 0.2) is 18.2 Å². The van der Waals surface area contributed by atoms with Crippen molar-refractivity contribution in [2.24, 2.45) is 0 Å². The molecule has 1 fully saturated rings. The summed E-state index contributed by atoms with van der Waals surface area (Å²) >= 11 is 0. The minimum absolute atomic E-state index is 0.233. The number of rotatable bonds is 2. The van der Waals surface area contributed by atoms with Gasteiger partial charge < -0.3 is 25.7 Å². The highest BCUT2D eigenvalue weighted by Gasteiger charge is 2.32.